The molecule has 8 heteroatoms. The Morgan fingerprint density at radius 3 is 2.73 bits per heavy atom. The first-order valence-electron chi connectivity index (χ1n) is 10.3. The number of amides is 1. The fraction of sp³-hybridized carbons (Fsp3) is 0.409. The van der Waals surface area contributed by atoms with Crippen molar-refractivity contribution in [3.05, 3.63) is 54.6 Å². The highest BCUT2D eigenvalue weighted by Crippen LogP contribution is 2.26. The van der Waals surface area contributed by atoms with Crippen LogP contribution >= 0.6 is 0 Å². The average molecular weight is 430 g/mol. The molecule has 160 valence electrons. The second-order valence-electron chi connectivity index (χ2n) is 7.93. The monoisotopic (exact) mass is 429 g/mol. The summed E-state index contributed by atoms with van der Waals surface area (Å²) in [5.41, 5.74) is 0.836. The predicted octanol–water partition coefficient (Wildman–Crippen LogP) is 3.01. The zero-order chi connectivity index (χ0) is 21.1. The summed E-state index contributed by atoms with van der Waals surface area (Å²) >= 11 is 0. The molecule has 1 fully saturated rings. The van der Waals surface area contributed by atoms with E-state index in [9.17, 15) is 13.2 Å². The third-order valence-electron chi connectivity index (χ3n) is 5.71. The number of hydrogen-bond donors (Lipinski definition) is 1. The second-order valence-corrected chi connectivity index (χ2v) is 9.87. The van der Waals surface area contributed by atoms with Gasteiger partial charge in [-0.15, -0.1) is 0 Å². The van der Waals surface area contributed by atoms with E-state index in [0.29, 0.717) is 36.9 Å². The van der Waals surface area contributed by atoms with Gasteiger partial charge in [0.2, 0.25) is 15.9 Å². The number of benzene rings is 1. The minimum absolute atomic E-state index is 0.0989. The van der Waals surface area contributed by atoms with Gasteiger partial charge in [0, 0.05) is 43.2 Å². The minimum atomic E-state index is -3.49. The SMILES string of the molecule is CC1CCN(S(=O)(=O)c2ccc3c(ccn3CC(=O)NCCc3ccco3)c2)CC1. The minimum Gasteiger partial charge on any atom is -0.469 e. The van der Waals surface area contributed by atoms with Gasteiger partial charge in [-0.3, -0.25) is 4.79 Å². The molecule has 0 unspecified atom stereocenters. The van der Waals surface area contributed by atoms with E-state index >= 15 is 0 Å². The number of piperidine rings is 1. The van der Waals surface area contributed by atoms with Crippen molar-refractivity contribution in [1.29, 1.82) is 0 Å². The number of sulfonamides is 1. The number of fused-ring (bicyclic) bond motifs is 1. The summed E-state index contributed by atoms with van der Waals surface area (Å²) in [6.45, 7) is 3.98. The number of carbonyl (C=O) groups excluding carboxylic acids is 1. The molecule has 3 aromatic rings. The van der Waals surface area contributed by atoms with Crippen LogP contribution in [-0.2, 0) is 27.8 Å². The fourth-order valence-electron chi connectivity index (χ4n) is 3.84. The average Bonchev–Trinajstić information content (AvgIpc) is 3.38. The summed E-state index contributed by atoms with van der Waals surface area (Å²) < 4.78 is 34.6. The van der Waals surface area contributed by atoms with Gasteiger partial charge in [-0.25, -0.2) is 8.42 Å². The Kier molecular flexibility index (Phi) is 5.97. The molecule has 0 bridgehead atoms. The van der Waals surface area contributed by atoms with Crippen molar-refractivity contribution in [2.45, 2.75) is 37.6 Å². The number of nitrogens with one attached hydrogen (secondary N) is 1. The van der Waals surface area contributed by atoms with Gasteiger partial charge in [-0.1, -0.05) is 6.92 Å². The Bertz CT molecular complexity index is 1110. The van der Waals surface area contributed by atoms with Crippen molar-refractivity contribution in [2.75, 3.05) is 19.6 Å². The Morgan fingerprint density at radius 2 is 2.00 bits per heavy atom. The van der Waals surface area contributed by atoms with E-state index in [2.05, 4.69) is 12.2 Å². The first-order chi connectivity index (χ1) is 14.4. The van der Waals surface area contributed by atoms with Crippen molar-refractivity contribution >= 4 is 26.8 Å². The van der Waals surface area contributed by atoms with Crippen molar-refractivity contribution in [3.8, 4) is 0 Å². The van der Waals surface area contributed by atoms with E-state index in [0.717, 1.165) is 29.5 Å². The normalized spacial score (nSPS) is 16.2. The zero-order valence-corrected chi connectivity index (χ0v) is 17.9. The summed E-state index contributed by atoms with van der Waals surface area (Å²) in [7, 11) is -3.49. The van der Waals surface area contributed by atoms with E-state index in [4.69, 9.17) is 4.42 Å². The largest absolute Gasteiger partial charge is 0.469 e. The van der Waals surface area contributed by atoms with Crippen LogP contribution in [0.25, 0.3) is 10.9 Å². The Hall–Kier alpha value is -2.58. The third-order valence-corrected chi connectivity index (χ3v) is 7.61. The van der Waals surface area contributed by atoms with Crippen LogP contribution in [0.15, 0.2) is 58.2 Å². The highest BCUT2D eigenvalue weighted by molar-refractivity contribution is 7.89. The van der Waals surface area contributed by atoms with Gasteiger partial charge >= 0.3 is 0 Å². The van der Waals surface area contributed by atoms with Crippen LogP contribution in [0.4, 0.5) is 0 Å². The van der Waals surface area contributed by atoms with E-state index < -0.39 is 10.0 Å². The highest BCUT2D eigenvalue weighted by atomic mass is 32.2. The van der Waals surface area contributed by atoms with Crippen LogP contribution in [0.2, 0.25) is 0 Å². The summed E-state index contributed by atoms with van der Waals surface area (Å²) in [5.74, 6) is 1.30. The zero-order valence-electron chi connectivity index (χ0n) is 17.1. The molecule has 0 saturated carbocycles. The Balaban J connectivity index is 1.42. The molecular weight excluding hydrogens is 402 g/mol. The third kappa shape index (κ3) is 4.44. The van der Waals surface area contributed by atoms with Gasteiger partial charge in [-0.05, 0) is 55.2 Å². The molecule has 0 aliphatic carbocycles. The van der Waals surface area contributed by atoms with Crippen LogP contribution in [0, 0.1) is 5.92 Å². The molecule has 4 rings (SSSR count). The fourth-order valence-corrected chi connectivity index (χ4v) is 5.35. The molecule has 3 heterocycles. The van der Waals surface area contributed by atoms with Crippen LogP contribution in [0.3, 0.4) is 0 Å². The first kappa shape index (κ1) is 20.7. The number of carbonyl (C=O) groups is 1. The number of aromatic nitrogens is 1. The van der Waals surface area contributed by atoms with E-state index in [1.807, 2.05) is 29.0 Å². The summed E-state index contributed by atoms with van der Waals surface area (Å²) in [6, 6.07) is 10.7. The van der Waals surface area contributed by atoms with Crippen LogP contribution < -0.4 is 5.32 Å². The molecule has 1 saturated heterocycles. The molecular formula is C22H27N3O4S. The van der Waals surface area contributed by atoms with Crippen molar-refractivity contribution < 1.29 is 17.6 Å². The lowest BCUT2D eigenvalue weighted by Crippen LogP contribution is -2.37. The van der Waals surface area contributed by atoms with Gasteiger partial charge in [0.1, 0.15) is 12.3 Å². The maximum atomic E-state index is 13.0. The van der Waals surface area contributed by atoms with Crippen molar-refractivity contribution in [2.24, 2.45) is 5.92 Å². The highest BCUT2D eigenvalue weighted by Gasteiger charge is 2.28. The van der Waals surface area contributed by atoms with Gasteiger partial charge in [-0.2, -0.15) is 4.31 Å². The molecule has 30 heavy (non-hydrogen) atoms. The topological polar surface area (TPSA) is 84.5 Å². The maximum absolute atomic E-state index is 13.0. The lowest BCUT2D eigenvalue weighted by molar-refractivity contribution is -0.121. The van der Waals surface area contributed by atoms with Gasteiger partial charge < -0.3 is 14.3 Å². The molecule has 0 spiro atoms. The van der Waals surface area contributed by atoms with Crippen molar-refractivity contribution in [1.82, 2.24) is 14.2 Å². The number of rotatable bonds is 7. The molecule has 2 aromatic heterocycles. The van der Waals surface area contributed by atoms with E-state index in [1.54, 1.807) is 28.8 Å². The molecule has 7 nitrogen and oxygen atoms in total. The molecule has 1 aliphatic heterocycles. The summed E-state index contributed by atoms with van der Waals surface area (Å²) in [4.78, 5) is 12.6. The standard InChI is InChI=1S/C22H27N3O4S/c1-17-7-12-25(13-8-17)30(27,28)20-4-5-21-18(15-20)9-11-24(21)16-22(26)23-10-6-19-3-2-14-29-19/h2-5,9,11,14-15,17H,6-8,10,12-13,16H2,1H3,(H,23,26). The van der Waals surface area contributed by atoms with Gasteiger partial charge in [0.15, 0.2) is 0 Å². The Labute approximate surface area is 176 Å². The van der Waals surface area contributed by atoms with Gasteiger partial charge in [0.25, 0.3) is 0 Å². The molecule has 1 amide bonds. The molecule has 1 aromatic carbocycles. The maximum Gasteiger partial charge on any atom is 0.243 e. The number of hydrogen-bond acceptors (Lipinski definition) is 4. The first-order valence-corrected chi connectivity index (χ1v) is 11.8. The quantitative estimate of drug-likeness (QED) is 0.626. The second kappa shape index (κ2) is 8.65. The summed E-state index contributed by atoms with van der Waals surface area (Å²) in [5, 5.41) is 3.69. The lowest BCUT2D eigenvalue weighted by Gasteiger charge is -2.29. The lowest BCUT2D eigenvalue weighted by atomic mass is 10.0. The molecule has 0 radical (unpaired) electrons. The molecule has 0 atom stereocenters. The van der Waals surface area contributed by atoms with Crippen LogP contribution in [0.1, 0.15) is 25.5 Å². The summed E-state index contributed by atoms with van der Waals surface area (Å²) in [6.07, 6.45) is 5.86. The van der Waals surface area contributed by atoms with Crippen LogP contribution in [-0.4, -0.2) is 42.8 Å². The van der Waals surface area contributed by atoms with Crippen LogP contribution in [0.5, 0.6) is 0 Å². The number of furan rings is 1. The van der Waals surface area contributed by atoms with Gasteiger partial charge in [0.05, 0.1) is 11.2 Å². The van der Waals surface area contributed by atoms with Crippen molar-refractivity contribution in [3.63, 3.8) is 0 Å². The molecule has 1 N–H and O–H groups in total. The number of nitrogens with zero attached hydrogens (tertiary/aromatic N) is 2. The smallest absolute Gasteiger partial charge is 0.243 e. The van der Waals surface area contributed by atoms with E-state index in [1.165, 1.54) is 0 Å². The predicted molar refractivity (Wildman–Crippen MR) is 115 cm³/mol. The van der Waals surface area contributed by atoms with E-state index in [-0.39, 0.29) is 12.5 Å². The molecule has 1 aliphatic rings. The Morgan fingerprint density at radius 1 is 1.20 bits per heavy atom.